The maximum atomic E-state index is 11.6. The van der Waals surface area contributed by atoms with Gasteiger partial charge in [0.1, 0.15) is 5.75 Å². The van der Waals surface area contributed by atoms with Crippen LogP contribution in [-0.4, -0.2) is 28.4 Å². The Hall–Kier alpha value is -1.06. The van der Waals surface area contributed by atoms with Crippen LogP contribution in [0.4, 0.5) is 0 Å². The maximum absolute atomic E-state index is 11.6. The Labute approximate surface area is 124 Å². The third kappa shape index (κ3) is 3.15. The van der Waals surface area contributed by atoms with Crippen molar-refractivity contribution in [1.29, 1.82) is 0 Å². The normalized spacial score (nSPS) is 18.6. The van der Waals surface area contributed by atoms with Gasteiger partial charge in [0, 0.05) is 29.7 Å². The summed E-state index contributed by atoms with van der Waals surface area (Å²) in [5.74, 6) is 0.777. The third-order valence-electron chi connectivity index (χ3n) is 4.16. The van der Waals surface area contributed by atoms with Crippen LogP contribution in [0, 0.1) is 5.92 Å². The summed E-state index contributed by atoms with van der Waals surface area (Å²) < 4.78 is 0. The summed E-state index contributed by atoms with van der Waals surface area (Å²) >= 11 is 6.08. The largest absolute Gasteiger partial charge is 0.507 e. The molecular formula is C16H20ClNO2. The molecule has 1 N–H and O–H groups in total. The van der Waals surface area contributed by atoms with E-state index < -0.39 is 0 Å². The third-order valence-corrected chi connectivity index (χ3v) is 4.38. The molecule has 0 heterocycles. The highest BCUT2D eigenvalue weighted by Gasteiger charge is 2.34. The number of halogens is 1. The molecule has 0 saturated heterocycles. The minimum Gasteiger partial charge on any atom is -0.507 e. The molecule has 2 saturated carbocycles. The lowest BCUT2D eigenvalue weighted by Crippen LogP contribution is -2.28. The standard InChI is InChI=1S/C16H20ClNO2/c1-10(19)15-7-13(17)6-12(16(15)20)9-18(14-4-5-14)8-11-2-3-11/h6-7,11,14,20H,2-5,8-9H2,1H3. The second kappa shape index (κ2) is 5.38. The SMILES string of the molecule is CC(=O)c1cc(Cl)cc(CN(CC2CC2)C2CC2)c1O. The van der Waals surface area contributed by atoms with Crippen molar-refractivity contribution >= 4 is 17.4 Å². The van der Waals surface area contributed by atoms with Gasteiger partial charge in [-0.05, 0) is 50.7 Å². The van der Waals surface area contributed by atoms with Crippen LogP contribution < -0.4 is 0 Å². The topological polar surface area (TPSA) is 40.5 Å². The number of benzene rings is 1. The van der Waals surface area contributed by atoms with Crippen LogP contribution in [0.1, 0.15) is 48.5 Å². The molecule has 1 aromatic carbocycles. The molecule has 3 rings (SSSR count). The zero-order valence-corrected chi connectivity index (χ0v) is 12.5. The van der Waals surface area contributed by atoms with Crippen molar-refractivity contribution in [3.8, 4) is 5.75 Å². The predicted molar refractivity (Wildman–Crippen MR) is 79.3 cm³/mol. The van der Waals surface area contributed by atoms with Gasteiger partial charge in [-0.3, -0.25) is 9.69 Å². The van der Waals surface area contributed by atoms with Crippen molar-refractivity contribution in [3.63, 3.8) is 0 Å². The minimum absolute atomic E-state index is 0.100. The molecule has 3 nitrogen and oxygen atoms in total. The van der Waals surface area contributed by atoms with Crippen LogP contribution in [0.25, 0.3) is 0 Å². The molecule has 0 aliphatic heterocycles. The fourth-order valence-corrected chi connectivity index (χ4v) is 2.92. The smallest absolute Gasteiger partial charge is 0.163 e. The average Bonchev–Trinajstić information content (AvgIpc) is 3.25. The lowest BCUT2D eigenvalue weighted by atomic mass is 10.1. The van der Waals surface area contributed by atoms with E-state index in [0.29, 0.717) is 23.2 Å². The highest BCUT2D eigenvalue weighted by Crippen LogP contribution is 2.37. The molecule has 0 bridgehead atoms. The quantitative estimate of drug-likeness (QED) is 0.814. The number of phenols is 1. The number of ketones is 1. The van der Waals surface area contributed by atoms with Crippen LogP contribution in [0.15, 0.2) is 12.1 Å². The molecule has 1 aromatic rings. The minimum atomic E-state index is -0.147. The van der Waals surface area contributed by atoms with E-state index in [1.807, 2.05) is 0 Å². The number of hydrogen-bond acceptors (Lipinski definition) is 3. The van der Waals surface area contributed by atoms with Crippen molar-refractivity contribution in [2.45, 2.75) is 45.2 Å². The lowest BCUT2D eigenvalue weighted by molar-refractivity contribution is 0.101. The Bertz CT molecular complexity index is 536. The fourth-order valence-electron chi connectivity index (χ4n) is 2.68. The van der Waals surface area contributed by atoms with Gasteiger partial charge in [0.2, 0.25) is 0 Å². The average molecular weight is 294 g/mol. The van der Waals surface area contributed by atoms with Gasteiger partial charge in [-0.25, -0.2) is 0 Å². The zero-order chi connectivity index (χ0) is 14.3. The number of nitrogens with zero attached hydrogens (tertiary/aromatic N) is 1. The van der Waals surface area contributed by atoms with E-state index in [9.17, 15) is 9.90 Å². The number of carbonyl (C=O) groups excluding carboxylic acids is 1. The van der Waals surface area contributed by atoms with Crippen molar-refractivity contribution in [2.75, 3.05) is 6.54 Å². The van der Waals surface area contributed by atoms with E-state index in [1.165, 1.54) is 32.6 Å². The predicted octanol–water partition coefficient (Wildman–Crippen LogP) is 3.62. The van der Waals surface area contributed by atoms with E-state index in [2.05, 4.69) is 4.90 Å². The van der Waals surface area contributed by atoms with Crippen molar-refractivity contribution in [2.24, 2.45) is 5.92 Å². The first-order chi connectivity index (χ1) is 9.54. The Morgan fingerprint density at radius 2 is 2.05 bits per heavy atom. The van der Waals surface area contributed by atoms with E-state index >= 15 is 0 Å². The number of rotatable bonds is 6. The van der Waals surface area contributed by atoms with E-state index in [4.69, 9.17) is 11.6 Å². The highest BCUT2D eigenvalue weighted by atomic mass is 35.5. The molecule has 2 aliphatic carbocycles. The summed E-state index contributed by atoms with van der Waals surface area (Å²) in [5.41, 5.74) is 1.10. The van der Waals surface area contributed by atoms with Crippen LogP contribution >= 0.6 is 11.6 Å². The van der Waals surface area contributed by atoms with Gasteiger partial charge in [-0.2, -0.15) is 0 Å². The molecular weight excluding hydrogens is 274 g/mol. The van der Waals surface area contributed by atoms with Gasteiger partial charge in [0.05, 0.1) is 5.56 Å². The second-order valence-corrected chi connectivity index (χ2v) is 6.56. The van der Waals surface area contributed by atoms with Gasteiger partial charge in [-0.1, -0.05) is 11.6 Å². The summed E-state index contributed by atoms with van der Waals surface area (Å²) in [5, 5.41) is 10.8. The van der Waals surface area contributed by atoms with Crippen LogP contribution in [0.5, 0.6) is 5.75 Å². The summed E-state index contributed by atoms with van der Waals surface area (Å²) in [7, 11) is 0. The summed E-state index contributed by atoms with van der Waals surface area (Å²) in [6.45, 7) is 3.25. The molecule has 0 spiro atoms. The number of phenolic OH excluding ortho intramolecular Hbond substituents is 1. The van der Waals surface area contributed by atoms with Crippen LogP contribution in [0.3, 0.4) is 0 Å². The molecule has 0 unspecified atom stereocenters. The maximum Gasteiger partial charge on any atom is 0.163 e. The Morgan fingerprint density at radius 1 is 1.35 bits per heavy atom. The van der Waals surface area contributed by atoms with E-state index in [1.54, 1.807) is 12.1 Å². The zero-order valence-electron chi connectivity index (χ0n) is 11.7. The van der Waals surface area contributed by atoms with Gasteiger partial charge in [0.25, 0.3) is 0 Å². The van der Waals surface area contributed by atoms with Crippen molar-refractivity contribution in [3.05, 3.63) is 28.3 Å². The Kier molecular flexibility index (Phi) is 3.74. The van der Waals surface area contributed by atoms with Gasteiger partial charge in [-0.15, -0.1) is 0 Å². The summed E-state index contributed by atoms with van der Waals surface area (Å²) in [4.78, 5) is 14.0. The van der Waals surface area contributed by atoms with E-state index in [0.717, 1.165) is 18.0 Å². The first kappa shape index (κ1) is 13.9. The molecule has 4 heteroatoms. The van der Waals surface area contributed by atoms with Crippen molar-refractivity contribution in [1.82, 2.24) is 4.90 Å². The number of aromatic hydroxyl groups is 1. The Morgan fingerprint density at radius 3 is 2.60 bits per heavy atom. The molecule has 20 heavy (non-hydrogen) atoms. The first-order valence-corrected chi connectivity index (χ1v) is 7.68. The van der Waals surface area contributed by atoms with Crippen LogP contribution in [0.2, 0.25) is 5.02 Å². The Balaban J connectivity index is 1.82. The molecule has 0 amide bonds. The van der Waals surface area contributed by atoms with Crippen molar-refractivity contribution < 1.29 is 9.90 Å². The second-order valence-electron chi connectivity index (χ2n) is 6.12. The highest BCUT2D eigenvalue weighted by molar-refractivity contribution is 6.31. The first-order valence-electron chi connectivity index (χ1n) is 7.31. The van der Waals surface area contributed by atoms with Gasteiger partial charge in [0.15, 0.2) is 5.78 Å². The number of hydrogen-bond donors (Lipinski definition) is 1. The molecule has 2 aliphatic rings. The van der Waals surface area contributed by atoms with E-state index in [-0.39, 0.29) is 11.5 Å². The molecule has 0 atom stereocenters. The van der Waals surface area contributed by atoms with Crippen LogP contribution in [-0.2, 0) is 6.54 Å². The molecule has 108 valence electrons. The fraction of sp³-hybridized carbons (Fsp3) is 0.562. The van der Waals surface area contributed by atoms with Gasteiger partial charge >= 0.3 is 0 Å². The van der Waals surface area contributed by atoms with Gasteiger partial charge < -0.3 is 5.11 Å². The molecule has 0 aromatic heterocycles. The molecule has 2 fully saturated rings. The molecule has 0 radical (unpaired) electrons. The lowest BCUT2D eigenvalue weighted by Gasteiger charge is -2.23. The summed E-state index contributed by atoms with van der Waals surface area (Å²) in [6, 6.07) is 3.98. The monoisotopic (exact) mass is 293 g/mol. The number of carbonyl (C=O) groups is 1. The number of Topliss-reactive ketones (excluding diaryl/α,β-unsaturated/α-hetero) is 1. The summed E-state index contributed by atoms with van der Waals surface area (Å²) in [6.07, 6.45) is 5.13.